The van der Waals surface area contributed by atoms with Gasteiger partial charge in [-0.3, -0.25) is 4.79 Å². The van der Waals surface area contributed by atoms with Gasteiger partial charge in [0.05, 0.1) is 6.04 Å². The number of nitrogens with one attached hydrogen (secondary N) is 2. The molecule has 31 heavy (non-hydrogen) atoms. The maximum atomic E-state index is 12.4. The number of hydrogen-bond donors (Lipinski definition) is 2. The van der Waals surface area contributed by atoms with Crippen LogP contribution in [0, 0.1) is 0 Å². The van der Waals surface area contributed by atoms with Crippen LogP contribution < -0.4 is 14.8 Å². The van der Waals surface area contributed by atoms with Gasteiger partial charge in [0, 0.05) is 11.1 Å². The standard InChI is InChI=1S/C24H24N2O4S/c1-19(26-31(28,29)17-16-20-8-4-2-5-9-20)24(27)25-22-12-14-23(15-13-22)30-18-21-10-6-3-7-11-21/h2-17,19,26H,18H2,1H3,(H,25,27). The molecule has 2 N–H and O–H groups in total. The molecule has 0 bridgehead atoms. The molecule has 0 spiro atoms. The number of carbonyl (C=O) groups is 1. The molecule has 0 heterocycles. The van der Waals surface area contributed by atoms with E-state index in [9.17, 15) is 13.2 Å². The highest BCUT2D eigenvalue weighted by Gasteiger charge is 2.18. The number of amides is 1. The van der Waals surface area contributed by atoms with Gasteiger partial charge in [0.1, 0.15) is 12.4 Å². The maximum Gasteiger partial charge on any atom is 0.242 e. The van der Waals surface area contributed by atoms with Crippen molar-refractivity contribution in [1.82, 2.24) is 4.72 Å². The highest BCUT2D eigenvalue weighted by atomic mass is 32.2. The van der Waals surface area contributed by atoms with Crippen molar-refractivity contribution in [1.29, 1.82) is 0 Å². The van der Waals surface area contributed by atoms with Crippen molar-refractivity contribution in [2.75, 3.05) is 5.32 Å². The summed E-state index contributed by atoms with van der Waals surface area (Å²) in [5.74, 6) is 0.205. The Morgan fingerprint density at radius 2 is 1.55 bits per heavy atom. The van der Waals surface area contributed by atoms with Gasteiger partial charge in [-0.05, 0) is 48.4 Å². The summed E-state index contributed by atoms with van der Waals surface area (Å²) in [5.41, 5.74) is 2.35. The zero-order valence-electron chi connectivity index (χ0n) is 17.1. The SMILES string of the molecule is CC(NS(=O)(=O)C=Cc1ccccc1)C(=O)Nc1ccc(OCc2ccccc2)cc1. The third kappa shape index (κ3) is 7.40. The van der Waals surface area contributed by atoms with Crippen LogP contribution in [0.15, 0.2) is 90.3 Å². The fourth-order valence-electron chi connectivity index (χ4n) is 2.70. The number of sulfonamides is 1. The summed E-state index contributed by atoms with van der Waals surface area (Å²) in [6, 6.07) is 24.8. The number of ether oxygens (including phenoxy) is 1. The van der Waals surface area contributed by atoms with Gasteiger partial charge in [0.25, 0.3) is 0 Å². The van der Waals surface area contributed by atoms with Gasteiger partial charge < -0.3 is 10.1 Å². The van der Waals surface area contributed by atoms with Crippen LogP contribution in [-0.2, 0) is 21.4 Å². The Kier molecular flexibility index (Phi) is 7.59. The van der Waals surface area contributed by atoms with Gasteiger partial charge in [0.15, 0.2) is 0 Å². The molecule has 0 aliphatic heterocycles. The summed E-state index contributed by atoms with van der Waals surface area (Å²) < 4.78 is 32.5. The average Bonchev–Trinajstić information content (AvgIpc) is 2.78. The minimum Gasteiger partial charge on any atom is -0.489 e. The van der Waals surface area contributed by atoms with Crippen molar-refractivity contribution in [3.8, 4) is 5.75 Å². The molecule has 0 aromatic heterocycles. The van der Waals surface area contributed by atoms with Gasteiger partial charge in [-0.15, -0.1) is 0 Å². The first-order valence-corrected chi connectivity index (χ1v) is 11.3. The Labute approximate surface area is 182 Å². The summed E-state index contributed by atoms with van der Waals surface area (Å²) in [6.07, 6.45) is 1.47. The fraction of sp³-hybridized carbons (Fsp3) is 0.125. The van der Waals surface area contributed by atoms with Crippen molar-refractivity contribution in [2.24, 2.45) is 0 Å². The molecule has 3 aromatic rings. The third-order valence-electron chi connectivity index (χ3n) is 4.34. The highest BCUT2D eigenvalue weighted by Crippen LogP contribution is 2.17. The molecule has 0 aliphatic rings. The van der Waals surface area contributed by atoms with E-state index in [0.29, 0.717) is 18.0 Å². The first-order chi connectivity index (χ1) is 14.9. The zero-order valence-corrected chi connectivity index (χ0v) is 17.9. The lowest BCUT2D eigenvalue weighted by molar-refractivity contribution is -0.117. The van der Waals surface area contributed by atoms with Gasteiger partial charge >= 0.3 is 0 Å². The van der Waals surface area contributed by atoms with E-state index in [2.05, 4.69) is 10.0 Å². The van der Waals surface area contributed by atoms with Crippen molar-refractivity contribution in [3.05, 3.63) is 101 Å². The lowest BCUT2D eigenvalue weighted by Gasteiger charge is -2.13. The number of hydrogen-bond acceptors (Lipinski definition) is 4. The number of anilines is 1. The van der Waals surface area contributed by atoms with Crippen LogP contribution in [0.25, 0.3) is 6.08 Å². The van der Waals surface area contributed by atoms with Crippen LogP contribution in [0.2, 0.25) is 0 Å². The zero-order chi connectivity index (χ0) is 22.1. The molecular formula is C24H24N2O4S. The second-order valence-electron chi connectivity index (χ2n) is 6.89. The smallest absolute Gasteiger partial charge is 0.242 e. The van der Waals surface area contributed by atoms with Crippen LogP contribution in [-0.4, -0.2) is 20.4 Å². The van der Waals surface area contributed by atoms with E-state index in [0.717, 1.165) is 16.5 Å². The predicted molar refractivity (Wildman–Crippen MR) is 123 cm³/mol. The molecule has 0 saturated heterocycles. The topological polar surface area (TPSA) is 84.5 Å². The van der Waals surface area contributed by atoms with Crippen LogP contribution in [0.1, 0.15) is 18.1 Å². The monoisotopic (exact) mass is 436 g/mol. The van der Waals surface area contributed by atoms with E-state index in [1.54, 1.807) is 36.4 Å². The molecular weight excluding hydrogens is 412 g/mol. The quantitative estimate of drug-likeness (QED) is 0.527. The summed E-state index contributed by atoms with van der Waals surface area (Å²) in [4.78, 5) is 12.4. The highest BCUT2D eigenvalue weighted by molar-refractivity contribution is 7.92. The normalized spacial score (nSPS) is 12.4. The summed E-state index contributed by atoms with van der Waals surface area (Å²) in [6.45, 7) is 1.93. The second kappa shape index (κ2) is 10.6. The van der Waals surface area contributed by atoms with Crippen LogP contribution in [0.3, 0.4) is 0 Å². The minimum absolute atomic E-state index is 0.446. The summed E-state index contributed by atoms with van der Waals surface area (Å²) in [5, 5.41) is 3.74. The summed E-state index contributed by atoms with van der Waals surface area (Å²) in [7, 11) is -3.77. The van der Waals surface area contributed by atoms with Gasteiger partial charge in [-0.2, -0.15) is 4.72 Å². The molecule has 1 atom stereocenters. The molecule has 6 nitrogen and oxygen atoms in total. The van der Waals surface area contributed by atoms with Crippen LogP contribution in [0.5, 0.6) is 5.75 Å². The molecule has 0 radical (unpaired) electrons. The van der Waals surface area contributed by atoms with Crippen molar-refractivity contribution >= 4 is 27.7 Å². The molecule has 0 saturated carbocycles. The van der Waals surface area contributed by atoms with Crippen LogP contribution >= 0.6 is 0 Å². The van der Waals surface area contributed by atoms with E-state index in [1.165, 1.54) is 13.0 Å². The molecule has 0 fully saturated rings. The predicted octanol–water partition coefficient (Wildman–Crippen LogP) is 4.18. The Bertz CT molecular complexity index is 1110. The molecule has 0 aliphatic carbocycles. The van der Waals surface area contributed by atoms with E-state index in [4.69, 9.17) is 4.74 Å². The first-order valence-electron chi connectivity index (χ1n) is 9.74. The third-order valence-corrected chi connectivity index (χ3v) is 5.52. The molecule has 3 rings (SSSR count). The number of benzene rings is 3. The Morgan fingerprint density at radius 3 is 2.19 bits per heavy atom. The number of carbonyl (C=O) groups excluding carboxylic acids is 1. The Hall–Kier alpha value is -3.42. The van der Waals surface area contributed by atoms with Crippen molar-refractivity contribution in [2.45, 2.75) is 19.6 Å². The Balaban J connectivity index is 1.51. The molecule has 1 unspecified atom stereocenters. The largest absolute Gasteiger partial charge is 0.489 e. The van der Waals surface area contributed by atoms with Gasteiger partial charge in [-0.25, -0.2) is 8.42 Å². The first kappa shape index (κ1) is 22.3. The Morgan fingerprint density at radius 1 is 0.935 bits per heavy atom. The minimum atomic E-state index is -3.77. The molecule has 7 heteroatoms. The average molecular weight is 437 g/mol. The van der Waals surface area contributed by atoms with Crippen molar-refractivity contribution in [3.63, 3.8) is 0 Å². The maximum absolute atomic E-state index is 12.4. The number of rotatable bonds is 9. The van der Waals surface area contributed by atoms with E-state index >= 15 is 0 Å². The van der Waals surface area contributed by atoms with Gasteiger partial charge in [-0.1, -0.05) is 60.7 Å². The van der Waals surface area contributed by atoms with Crippen LogP contribution in [0.4, 0.5) is 5.69 Å². The fourth-order valence-corrected chi connectivity index (χ4v) is 3.71. The van der Waals surface area contributed by atoms with E-state index < -0.39 is 22.0 Å². The molecule has 1 amide bonds. The lowest BCUT2D eigenvalue weighted by Crippen LogP contribution is -2.40. The van der Waals surface area contributed by atoms with Crippen molar-refractivity contribution < 1.29 is 17.9 Å². The van der Waals surface area contributed by atoms with E-state index in [1.807, 2.05) is 48.5 Å². The van der Waals surface area contributed by atoms with Gasteiger partial charge in [0.2, 0.25) is 15.9 Å². The summed E-state index contributed by atoms with van der Waals surface area (Å²) >= 11 is 0. The molecule has 160 valence electrons. The lowest BCUT2D eigenvalue weighted by atomic mass is 10.2. The second-order valence-corrected chi connectivity index (χ2v) is 8.48. The van der Waals surface area contributed by atoms with E-state index in [-0.39, 0.29) is 0 Å². The molecule has 3 aromatic carbocycles.